The van der Waals surface area contributed by atoms with Gasteiger partial charge in [0.2, 0.25) is 0 Å². The van der Waals surface area contributed by atoms with Gasteiger partial charge in [-0.05, 0) is 37.1 Å². The zero-order chi connectivity index (χ0) is 15.5. The summed E-state index contributed by atoms with van der Waals surface area (Å²) < 4.78 is 43.5. The Morgan fingerprint density at radius 1 is 1.29 bits per heavy atom. The SMILES string of the molecule is C[C@H](Cc1ccoc1)NC(=O)c1ccccc1C(F)(F)F. The zero-order valence-corrected chi connectivity index (χ0v) is 11.3. The maximum Gasteiger partial charge on any atom is 0.417 e. The smallest absolute Gasteiger partial charge is 0.417 e. The van der Waals surface area contributed by atoms with Crippen molar-refractivity contribution in [2.24, 2.45) is 0 Å². The molecule has 0 spiro atoms. The van der Waals surface area contributed by atoms with Crippen LogP contribution in [-0.4, -0.2) is 11.9 Å². The van der Waals surface area contributed by atoms with Crippen LogP contribution in [0.25, 0.3) is 0 Å². The molecule has 6 heteroatoms. The van der Waals surface area contributed by atoms with E-state index < -0.39 is 17.6 Å². The summed E-state index contributed by atoms with van der Waals surface area (Å²) in [4.78, 5) is 12.0. The highest BCUT2D eigenvalue weighted by Gasteiger charge is 2.34. The topological polar surface area (TPSA) is 42.2 Å². The molecule has 1 amide bonds. The molecular weight excluding hydrogens is 283 g/mol. The molecule has 0 saturated carbocycles. The number of hydrogen-bond acceptors (Lipinski definition) is 2. The van der Waals surface area contributed by atoms with Crippen LogP contribution in [-0.2, 0) is 12.6 Å². The van der Waals surface area contributed by atoms with Gasteiger partial charge in [0.25, 0.3) is 5.91 Å². The van der Waals surface area contributed by atoms with Gasteiger partial charge in [-0.15, -0.1) is 0 Å². The molecule has 0 aliphatic carbocycles. The molecule has 0 aliphatic heterocycles. The quantitative estimate of drug-likeness (QED) is 0.935. The Balaban J connectivity index is 2.10. The Bertz CT molecular complexity index is 606. The Labute approximate surface area is 119 Å². The second kappa shape index (κ2) is 6.03. The van der Waals surface area contributed by atoms with Crippen molar-refractivity contribution >= 4 is 5.91 Å². The fraction of sp³-hybridized carbons (Fsp3) is 0.267. The molecule has 0 bridgehead atoms. The minimum absolute atomic E-state index is 0.309. The summed E-state index contributed by atoms with van der Waals surface area (Å²) >= 11 is 0. The van der Waals surface area contributed by atoms with Crippen LogP contribution in [0.4, 0.5) is 13.2 Å². The monoisotopic (exact) mass is 297 g/mol. The predicted molar refractivity (Wildman–Crippen MR) is 70.8 cm³/mol. The van der Waals surface area contributed by atoms with Crippen molar-refractivity contribution in [3.63, 3.8) is 0 Å². The van der Waals surface area contributed by atoms with E-state index in [9.17, 15) is 18.0 Å². The van der Waals surface area contributed by atoms with E-state index in [1.54, 1.807) is 13.0 Å². The number of amides is 1. The van der Waals surface area contributed by atoms with Crippen molar-refractivity contribution in [2.45, 2.75) is 25.6 Å². The molecule has 1 heterocycles. The number of nitrogens with one attached hydrogen (secondary N) is 1. The number of hydrogen-bond donors (Lipinski definition) is 1. The average molecular weight is 297 g/mol. The lowest BCUT2D eigenvalue weighted by molar-refractivity contribution is -0.137. The number of halogens is 3. The molecule has 112 valence electrons. The van der Waals surface area contributed by atoms with E-state index in [4.69, 9.17) is 4.42 Å². The lowest BCUT2D eigenvalue weighted by Gasteiger charge is -2.16. The molecule has 2 rings (SSSR count). The maximum absolute atomic E-state index is 12.9. The van der Waals surface area contributed by atoms with Crippen LogP contribution < -0.4 is 5.32 Å². The first-order chi connectivity index (χ1) is 9.88. The Morgan fingerprint density at radius 3 is 2.62 bits per heavy atom. The minimum atomic E-state index is -4.55. The molecule has 21 heavy (non-hydrogen) atoms. The molecule has 0 fully saturated rings. The lowest BCUT2D eigenvalue weighted by Crippen LogP contribution is -2.35. The third-order valence-electron chi connectivity index (χ3n) is 2.98. The van der Waals surface area contributed by atoms with Crippen LogP contribution in [0.3, 0.4) is 0 Å². The third-order valence-corrected chi connectivity index (χ3v) is 2.98. The number of furan rings is 1. The highest BCUT2D eigenvalue weighted by atomic mass is 19.4. The van der Waals surface area contributed by atoms with Gasteiger partial charge in [-0.2, -0.15) is 13.2 Å². The summed E-state index contributed by atoms with van der Waals surface area (Å²) in [5.74, 6) is -0.737. The summed E-state index contributed by atoms with van der Waals surface area (Å²) in [5.41, 5.74) is -0.436. The van der Waals surface area contributed by atoms with E-state index in [2.05, 4.69) is 5.32 Å². The first-order valence-electron chi connectivity index (χ1n) is 6.36. The highest BCUT2D eigenvalue weighted by molar-refractivity contribution is 5.96. The second-order valence-corrected chi connectivity index (χ2v) is 4.75. The summed E-state index contributed by atoms with van der Waals surface area (Å²) in [6.45, 7) is 1.72. The van der Waals surface area contributed by atoms with Gasteiger partial charge >= 0.3 is 6.18 Å². The number of rotatable bonds is 4. The van der Waals surface area contributed by atoms with Gasteiger partial charge in [-0.1, -0.05) is 12.1 Å². The van der Waals surface area contributed by atoms with Gasteiger partial charge in [0.05, 0.1) is 23.7 Å². The van der Waals surface area contributed by atoms with Crippen LogP contribution in [0.5, 0.6) is 0 Å². The largest absolute Gasteiger partial charge is 0.472 e. The van der Waals surface area contributed by atoms with Gasteiger partial charge in [0, 0.05) is 6.04 Å². The van der Waals surface area contributed by atoms with Crippen LogP contribution in [0, 0.1) is 0 Å². The Hall–Kier alpha value is -2.24. The van der Waals surface area contributed by atoms with Crippen molar-refractivity contribution < 1.29 is 22.4 Å². The maximum atomic E-state index is 12.9. The van der Waals surface area contributed by atoms with Gasteiger partial charge in [-0.3, -0.25) is 4.79 Å². The van der Waals surface area contributed by atoms with Crippen molar-refractivity contribution in [3.05, 3.63) is 59.5 Å². The Morgan fingerprint density at radius 2 is 2.00 bits per heavy atom. The van der Waals surface area contributed by atoms with E-state index in [0.717, 1.165) is 11.6 Å². The normalized spacial score (nSPS) is 13.0. The molecule has 0 aliphatic rings. The number of carbonyl (C=O) groups is 1. The van der Waals surface area contributed by atoms with E-state index in [0.29, 0.717) is 6.42 Å². The van der Waals surface area contributed by atoms with Crippen LogP contribution in [0.15, 0.2) is 47.3 Å². The van der Waals surface area contributed by atoms with Gasteiger partial charge in [0.1, 0.15) is 0 Å². The van der Waals surface area contributed by atoms with Gasteiger partial charge < -0.3 is 9.73 Å². The molecular formula is C15H14F3NO2. The summed E-state index contributed by atoms with van der Waals surface area (Å²) in [7, 11) is 0. The van der Waals surface area contributed by atoms with E-state index in [1.807, 2.05) is 0 Å². The fourth-order valence-electron chi connectivity index (χ4n) is 2.04. The lowest BCUT2D eigenvalue weighted by atomic mass is 10.1. The second-order valence-electron chi connectivity index (χ2n) is 4.75. The van der Waals surface area contributed by atoms with Crippen molar-refractivity contribution in [3.8, 4) is 0 Å². The molecule has 1 aromatic carbocycles. The number of benzene rings is 1. The van der Waals surface area contributed by atoms with E-state index in [-0.39, 0.29) is 11.6 Å². The molecule has 0 unspecified atom stereocenters. The molecule has 1 N–H and O–H groups in total. The predicted octanol–water partition coefficient (Wildman–Crippen LogP) is 3.66. The zero-order valence-electron chi connectivity index (χ0n) is 11.3. The standard InChI is InChI=1S/C15H14F3NO2/c1-10(8-11-6-7-21-9-11)19-14(20)12-4-2-3-5-13(12)15(16,17)18/h2-7,9-10H,8H2,1H3,(H,19,20)/t10-/m1/s1. The van der Waals surface area contributed by atoms with Crippen molar-refractivity contribution in [2.75, 3.05) is 0 Å². The first-order valence-corrected chi connectivity index (χ1v) is 6.36. The summed E-state index contributed by atoms with van der Waals surface area (Å²) in [6.07, 6.45) is -1.03. The number of alkyl halides is 3. The van der Waals surface area contributed by atoms with Crippen LogP contribution in [0.1, 0.15) is 28.4 Å². The van der Waals surface area contributed by atoms with E-state index in [1.165, 1.54) is 30.7 Å². The fourth-order valence-corrected chi connectivity index (χ4v) is 2.04. The minimum Gasteiger partial charge on any atom is -0.472 e. The number of carbonyl (C=O) groups excluding carboxylic acids is 1. The molecule has 2 aromatic rings. The summed E-state index contributed by atoms with van der Waals surface area (Å²) in [5, 5.41) is 2.57. The van der Waals surface area contributed by atoms with Crippen molar-refractivity contribution in [1.29, 1.82) is 0 Å². The third kappa shape index (κ3) is 3.87. The molecule has 0 radical (unpaired) electrons. The summed E-state index contributed by atoms with van der Waals surface area (Å²) in [6, 6.07) is 6.17. The average Bonchev–Trinajstić information content (AvgIpc) is 2.90. The molecule has 0 saturated heterocycles. The van der Waals surface area contributed by atoms with Gasteiger partial charge in [-0.25, -0.2) is 0 Å². The highest BCUT2D eigenvalue weighted by Crippen LogP contribution is 2.31. The van der Waals surface area contributed by atoms with Crippen LogP contribution >= 0.6 is 0 Å². The first kappa shape index (κ1) is 15.2. The van der Waals surface area contributed by atoms with Crippen molar-refractivity contribution in [1.82, 2.24) is 5.32 Å². The van der Waals surface area contributed by atoms with Gasteiger partial charge in [0.15, 0.2) is 0 Å². The van der Waals surface area contributed by atoms with E-state index >= 15 is 0 Å². The molecule has 1 atom stereocenters. The molecule has 1 aromatic heterocycles. The molecule has 3 nitrogen and oxygen atoms in total. The Kier molecular flexibility index (Phi) is 4.35. The van der Waals surface area contributed by atoms with Crippen LogP contribution in [0.2, 0.25) is 0 Å².